The lowest BCUT2D eigenvalue weighted by molar-refractivity contribution is 0.988. The molecule has 0 aliphatic rings. The first kappa shape index (κ1) is 32.3. The van der Waals surface area contributed by atoms with Gasteiger partial charge in [0.2, 0.25) is 5.95 Å². The molecular formula is C52H32N6. The van der Waals surface area contributed by atoms with Gasteiger partial charge in [-0.05, 0) is 112 Å². The molecule has 0 aliphatic carbocycles. The molecule has 12 rings (SSSR count). The molecule has 0 spiro atoms. The molecule has 0 saturated carbocycles. The van der Waals surface area contributed by atoms with Crippen LogP contribution in [0.5, 0.6) is 0 Å². The Labute approximate surface area is 333 Å². The second-order valence-electron chi connectivity index (χ2n) is 14.7. The van der Waals surface area contributed by atoms with Crippen molar-refractivity contribution >= 4 is 65.2 Å². The highest BCUT2D eigenvalue weighted by Crippen LogP contribution is 2.39. The summed E-state index contributed by atoms with van der Waals surface area (Å²) in [6, 6.07) is 64.5. The summed E-state index contributed by atoms with van der Waals surface area (Å²) in [6.45, 7) is 0. The fraction of sp³-hybridized carbons (Fsp3) is 0. The zero-order valence-electron chi connectivity index (χ0n) is 31.2. The number of nitrogens with zero attached hydrogens (tertiary/aromatic N) is 6. The highest BCUT2D eigenvalue weighted by molar-refractivity contribution is 6.13. The van der Waals surface area contributed by atoms with E-state index in [9.17, 15) is 0 Å². The normalized spacial score (nSPS) is 11.8. The molecule has 5 aromatic heterocycles. The largest absolute Gasteiger partial charge is 0.309 e. The predicted octanol–water partition coefficient (Wildman–Crippen LogP) is 12.8. The third-order valence-electron chi connectivity index (χ3n) is 11.4. The Hall–Kier alpha value is -7.96. The Morgan fingerprint density at radius 2 is 0.810 bits per heavy atom. The number of hydrogen-bond donors (Lipinski definition) is 0. The fourth-order valence-electron chi connectivity index (χ4n) is 8.75. The van der Waals surface area contributed by atoms with Crippen LogP contribution in [-0.2, 0) is 0 Å². The molecule has 5 heterocycles. The van der Waals surface area contributed by atoms with Gasteiger partial charge in [-0.3, -0.25) is 14.5 Å². The maximum atomic E-state index is 5.13. The van der Waals surface area contributed by atoms with Crippen LogP contribution in [0.1, 0.15) is 0 Å². The molecule has 58 heavy (non-hydrogen) atoms. The van der Waals surface area contributed by atoms with Gasteiger partial charge in [0.1, 0.15) is 0 Å². The van der Waals surface area contributed by atoms with Crippen LogP contribution in [0.15, 0.2) is 194 Å². The Morgan fingerprint density at radius 3 is 1.43 bits per heavy atom. The van der Waals surface area contributed by atoms with Crippen LogP contribution in [0, 0.1) is 0 Å². The van der Waals surface area contributed by atoms with E-state index in [-0.39, 0.29) is 0 Å². The summed E-state index contributed by atoms with van der Waals surface area (Å²) in [7, 11) is 0. The van der Waals surface area contributed by atoms with E-state index < -0.39 is 0 Å². The average molecular weight is 741 g/mol. The lowest BCUT2D eigenvalue weighted by atomic mass is 10.0. The van der Waals surface area contributed by atoms with Crippen LogP contribution >= 0.6 is 0 Å². The Balaban J connectivity index is 1.03. The van der Waals surface area contributed by atoms with Gasteiger partial charge in [-0.1, -0.05) is 103 Å². The molecule has 6 nitrogen and oxygen atoms in total. The SMILES string of the molecule is c1ccc(-c2cc(-c3ccccn3)nc(-n3c4ccccc4c4cc(-c5ccc6c(c5)c5ccccc5n6-c5ccc6ccc7ccccc7c6c5)ccc43)n2)nc1. The lowest BCUT2D eigenvalue weighted by Crippen LogP contribution is -2.04. The van der Waals surface area contributed by atoms with Crippen LogP contribution in [0.3, 0.4) is 0 Å². The van der Waals surface area contributed by atoms with E-state index in [0.29, 0.717) is 5.95 Å². The first-order chi connectivity index (χ1) is 28.7. The second-order valence-corrected chi connectivity index (χ2v) is 14.7. The molecule has 0 radical (unpaired) electrons. The highest BCUT2D eigenvalue weighted by atomic mass is 15.2. The molecule has 0 saturated heterocycles. The summed E-state index contributed by atoms with van der Waals surface area (Å²) < 4.78 is 4.57. The Morgan fingerprint density at radius 1 is 0.310 bits per heavy atom. The van der Waals surface area contributed by atoms with Crippen LogP contribution in [0.25, 0.3) is 111 Å². The third-order valence-corrected chi connectivity index (χ3v) is 11.4. The smallest absolute Gasteiger partial charge is 0.235 e. The molecule has 0 amide bonds. The van der Waals surface area contributed by atoms with Crippen molar-refractivity contribution in [2.75, 3.05) is 0 Å². The zero-order valence-corrected chi connectivity index (χ0v) is 31.2. The molecule has 270 valence electrons. The van der Waals surface area contributed by atoms with E-state index in [2.05, 4.69) is 159 Å². The molecule has 7 aromatic carbocycles. The highest BCUT2D eigenvalue weighted by Gasteiger charge is 2.19. The minimum absolute atomic E-state index is 0.568. The number of rotatable bonds is 5. The van der Waals surface area contributed by atoms with Gasteiger partial charge in [-0.15, -0.1) is 0 Å². The summed E-state index contributed by atoms with van der Waals surface area (Å²) in [4.78, 5) is 19.5. The standard InChI is InChI=1S/C52H32N6/c1-2-12-38-33(11-1)19-20-34-21-24-37(31-41(34)38)57-48-17-5-3-13-39(48)42-29-35(22-25-50(42)57)36-23-26-51-43(30-36)40-14-4-6-18-49(40)58(51)52-55-46(44-15-7-9-27-53-44)32-47(56-52)45-16-8-10-28-54-45/h1-32H. The van der Waals surface area contributed by atoms with E-state index in [4.69, 9.17) is 9.97 Å². The van der Waals surface area contributed by atoms with Crippen molar-refractivity contribution < 1.29 is 0 Å². The molecule has 0 fully saturated rings. The second kappa shape index (κ2) is 12.8. The molecular weight excluding hydrogens is 709 g/mol. The summed E-state index contributed by atoms with van der Waals surface area (Å²) >= 11 is 0. The number of para-hydroxylation sites is 2. The molecule has 0 atom stereocenters. The first-order valence-electron chi connectivity index (χ1n) is 19.5. The summed E-state index contributed by atoms with van der Waals surface area (Å²) in [5.74, 6) is 0.568. The predicted molar refractivity (Wildman–Crippen MR) is 238 cm³/mol. The average Bonchev–Trinajstić information content (AvgIpc) is 3.81. The Bertz CT molecular complexity index is 3510. The van der Waals surface area contributed by atoms with Gasteiger partial charge in [-0.2, -0.15) is 0 Å². The molecule has 6 heteroatoms. The molecule has 0 unspecified atom stereocenters. The molecule has 0 aliphatic heterocycles. The van der Waals surface area contributed by atoms with Gasteiger partial charge in [0, 0.05) is 39.6 Å². The molecule has 0 bridgehead atoms. The van der Waals surface area contributed by atoms with E-state index in [0.717, 1.165) is 61.4 Å². The van der Waals surface area contributed by atoms with Crippen molar-refractivity contribution in [2.45, 2.75) is 0 Å². The Kier molecular flexibility index (Phi) is 7.13. The van der Waals surface area contributed by atoms with Gasteiger partial charge in [0.25, 0.3) is 0 Å². The zero-order chi connectivity index (χ0) is 38.2. The van der Waals surface area contributed by atoms with Gasteiger partial charge < -0.3 is 4.57 Å². The van der Waals surface area contributed by atoms with Crippen LogP contribution < -0.4 is 0 Å². The number of pyridine rings is 2. The van der Waals surface area contributed by atoms with E-state index in [1.807, 2.05) is 42.5 Å². The van der Waals surface area contributed by atoms with Crippen LogP contribution in [0.4, 0.5) is 0 Å². The maximum Gasteiger partial charge on any atom is 0.235 e. The van der Waals surface area contributed by atoms with Crippen molar-refractivity contribution in [3.05, 3.63) is 194 Å². The van der Waals surface area contributed by atoms with Gasteiger partial charge >= 0.3 is 0 Å². The van der Waals surface area contributed by atoms with Crippen molar-refractivity contribution in [2.24, 2.45) is 0 Å². The minimum Gasteiger partial charge on any atom is -0.309 e. The van der Waals surface area contributed by atoms with Crippen LogP contribution in [0.2, 0.25) is 0 Å². The summed E-state index contributed by atoms with van der Waals surface area (Å²) in [5, 5.41) is 9.72. The van der Waals surface area contributed by atoms with Crippen molar-refractivity contribution in [3.8, 4) is 45.5 Å². The van der Waals surface area contributed by atoms with E-state index >= 15 is 0 Å². The molecule has 0 N–H and O–H groups in total. The third kappa shape index (κ3) is 5.05. The minimum atomic E-state index is 0.568. The number of aromatic nitrogens is 6. The monoisotopic (exact) mass is 740 g/mol. The van der Waals surface area contributed by atoms with Crippen molar-refractivity contribution in [1.82, 2.24) is 29.1 Å². The van der Waals surface area contributed by atoms with E-state index in [1.54, 1.807) is 12.4 Å². The summed E-state index contributed by atoms with van der Waals surface area (Å²) in [5.41, 5.74) is 10.9. The van der Waals surface area contributed by atoms with Gasteiger partial charge in [0.05, 0.1) is 44.8 Å². The van der Waals surface area contributed by atoms with Crippen LogP contribution in [-0.4, -0.2) is 29.1 Å². The topological polar surface area (TPSA) is 61.4 Å². The fourth-order valence-corrected chi connectivity index (χ4v) is 8.75. The van der Waals surface area contributed by atoms with Gasteiger partial charge in [-0.25, -0.2) is 9.97 Å². The van der Waals surface area contributed by atoms with Crippen molar-refractivity contribution in [1.29, 1.82) is 0 Å². The van der Waals surface area contributed by atoms with Gasteiger partial charge in [0.15, 0.2) is 0 Å². The quantitative estimate of drug-likeness (QED) is 0.165. The first-order valence-corrected chi connectivity index (χ1v) is 19.5. The maximum absolute atomic E-state index is 5.13. The lowest BCUT2D eigenvalue weighted by Gasteiger charge is -2.12. The molecule has 12 aromatic rings. The number of fused-ring (bicyclic) bond motifs is 9. The number of benzene rings is 7. The number of hydrogen-bond acceptors (Lipinski definition) is 4. The summed E-state index contributed by atoms with van der Waals surface area (Å²) in [6.07, 6.45) is 3.58. The van der Waals surface area contributed by atoms with Crippen molar-refractivity contribution in [3.63, 3.8) is 0 Å². The van der Waals surface area contributed by atoms with E-state index in [1.165, 1.54) is 43.4 Å².